The van der Waals surface area contributed by atoms with Crippen molar-refractivity contribution in [2.24, 2.45) is 0 Å². The van der Waals surface area contributed by atoms with Gasteiger partial charge in [0, 0.05) is 28.5 Å². The topological polar surface area (TPSA) is 68.9 Å². The molecule has 0 radical (unpaired) electrons. The summed E-state index contributed by atoms with van der Waals surface area (Å²) in [5.41, 5.74) is 8.44. The normalized spacial score (nSPS) is 11.2. The van der Waals surface area contributed by atoms with Crippen molar-refractivity contribution in [1.82, 2.24) is 9.97 Å². The molecule has 0 unspecified atom stereocenters. The van der Waals surface area contributed by atoms with E-state index in [-0.39, 0.29) is 5.55 Å². The lowest BCUT2D eigenvalue weighted by Gasteiger charge is -2.26. The fourth-order valence-electron chi connectivity index (χ4n) is 4.99. The van der Waals surface area contributed by atoms with Crippen LogP contribution in [0.3, 0.4) is 0 Å². The van der Waals surface area contributed by atoms with E-state index in [4.69, 9.17) is 9.83 Å². The minimum Gasteiger partial charge on any atom is -0.438 e. The molecular weight excluding hydrogens is 480 g/mol. The lowest BCUT2D eigenvalue weighted by atomic mass is 10.0. The monoisotopic (exact) mass is 504 g/mol. The van der Waals surface area contributed by atoms with Crippen molar-refractivity contribution in [2.75, 3.05) is 4.90 Å². The third kappa shape index (κ3) is 4.26. The number of hydrogen-bond donors (Lipinski definition) is 2. The average molecular weight is 505 g/mol. The Kier molecular flexibility index (Phi) is 5.52. The van der Waals surface area contributed by atoms with Gasteiger partial charge in [-0.05, 0) is 65.7 Å². The molecule has 0 aliphatic carbocycles. The highest BCUT2D eigenvalue weighted by Crippen LogP contribution is 2.37. The van der Waals surface area contributed by atoms with Crippen LogP contribution in [0.15, 0.2) is 138 Å². The summed E-state index contributed by atoms with van der Waals surface area (Å²) in [6, 6.07) is 45.1. The molecule has 0 bridgehead atoms. The van der Waals surface area contributed by atoms with Gasteiger partial charge in [-0.25, -0.2) is 4.98 Å². The second-order valence-corrected chi connectivity index (χ2v) is 9.40. The zero-order valence-electron chi connectivity index (χ0n) is 21.0. The maximum atomic E-state index is 8.65. The first-order chi connectivity index (χ1) is 19.2. The van der Waals surface area contributed by atoms with Gasteiger partial charge in [-0.15, -0.1) is 0 Å². The Bertz CT molecular complexity index is 1960. The van der Waals surface area contributed by atoms with Crippen LogP contribution < -0.4 is 10.5 Å². The van der Waals surface area contributed by atoms with E-state index in [1.165, 1.54) is 0 Å². The van der Waals surface area contributed by atoms with Gasteiger partial charge in [0.25, 0.3) is 0 Å². The summed E-state index contributed by atoms with van der Waals surface area (Å²) in [7, 11) is 0. The number of aromatic nitrogens is 2. The molecule has 0 saturated carbocycles. The van der Waals surface area contributed by atoms with Crippen LogP contribution in [-0.2, 0) is 0 Å². The van der Waals surface area contributed by atoms with Gasteiger partial charge in [0.05, 0.1) is 16.6 Å². The Hall–Kier alpha value is -5.42. The van der Waals surface area contributed by atoms with Gasteiger partial charge < -0.3 is 14.3 Å². The van der Waals surface area contributed by atoms with Crippen molar-refractivity contribution < 1.29 is 4.42 Å². The second kappa shape index (κ2) is 9.47. The molecule has 0 spiro atoms. The van der Waals surface area contributed by atoms with Crippen molar-refractivity contribution >= 4 is 39.1 Å². The van der Waals surface area contributed by atoms with Crippen molar-refractivity contribution in [3.05, 3.63) is 139 Å². The van der Waals surface area contributed by atoms with Gasteiger partial charge in [-0.2, -0.15) is 0 Å². The predicted molar refractivity (Wildman–Crippen MR) is 157 cm³/mol. The maximum absolute atomic E-state index is 8.65. The highest BCUT2D eigenvalue weighted by Gasteiger charge is 2.16. The van der Waals surface area contributed by atoms with E-state index < -0.39 is 0 Å². The standard InChI is InChI=1S/C34H24N4O/c35-33-29(34-36-30-16-7-8-17-31(30)37-34)21-25-18-19-28(22-32(25)39-33)38(26-13-5-2-6-14-26)27-15-9-12-24(20-27)23-10-3-1-4-11-23/h1-22,35H,(H,36,37). The Morgan fingerprint density at radius 1 is 0.615 bits per heavy atom. The van der Waals surface area contributed by atoms with Crippen molar-refractivity contribution in [2.45, 2.75) is 0 Å². The van der Waals surface area contributed by atoms with Gasteiger partial charge >= 0.3 is 0 Å². The molecule has 7 aromatic rings. The highest BCUT2D eigenvalue weighted by atomic mass is 16.3. The molecule has 0 fully saturated rings. The van der Waals surface area contributed by atoms with Gasteiger partial charge in [0.15, 0.2) is 0 Å². The van der Waals surface area contributed by atoms with Crippen LogP contribution in [0, 0.1) is 5.41 Å². The molecule has 0 aliphatic rings. The maximum Gasteiger partial charge on any atom is 0.223 e. The number of aromatic amines is 1. The quantitative estimate of drug-likeness (QED) is 0.247. The number of nitrogens with zero attached hydrogens (tertiary/aromatic N) is 2. The number of nitrogens with one attached hydrogen (secondary N) is 2. The molecular formula is C34H24N4O. The van der Waals surface area contributed by atoms with Gasteiger partial charge in [-0.3, -0.25) is 5.41 Å². The van der Waals surface area contributed by atoms with Crippen LogP contribution in [-0.4, -0.2) is 9.97 Å². The summed E-state index contributed by atoms with van der Waals surface area (Å²) in [5, 5.41) is 9.55. The number of benzene rings is 5. The minimum absolute atomic E-state index is 0.0658. The number of H-pyrrole nitrogens is 1. The van der Waals surface area contributed by atoms with Gasteiger partial charge in [0.2, 0.25) is 5.55 Å². The van der Waals surface area contributed by atoms with E-state index >= 15 is 0 Å². The summed E-state index contributed by atoms with van der Waals surface area (Å²) < 4.78 is 6.08. The zero-order chi connectivity index (χ0) is 26.2. The lowest BCUT2D eigenvalue weighted by Crippen LogP contribution is -2.10. The number of para-hydroxylation sites is 3. The fourth-order valence-corrected chi connectivity index (χ4v) is 4.99. The number of fused-ring (bicyclic) bond motifs is 2. The second-order valence-electron chi connectivity index (χ2n) is 9.40. The van der Waals surface area contributed by atoms with E-state index in [0.29, 0.717) is 17.0 Å². The Labute approximate surface area is 225 Å². The van der Waals surface area contributed by atoms with E-state index in [1.807, 2.05) is 66.7 Å². The average Bonchev–Trinajstić information content (AvgIpc) is 3.42. The summed E-state index contributed by atoms with van der Waals surface area (Å²) in [6.07, 6.45) is 0. The molecule has 5 nitrogen and oxygen atoms in total. The minimum atomic E-state index is 0.0658. The first kappa shape index (κ1) is 22.8. The van der Waals surface area contributed by atoms with Crippen LogP contribution in [0.4, 0.5) is 17.1 Å². The van der Waals surface area contributed by atoms with Crippen LogP contribution >= 0.6 is 0 Å². The molecule has 5 heteroatoms. The largest absolute Gasteiger partial charge is 0.438 e. The van der Waals surface area contributed by atoms with Crippen molar-refractivity contribution in [3.63, 3.8) is 0 Å². The molecule has 39 heavy (non-hydrogen) atoms. The van der Waals surface area contributed by atoms with E-state index in [1.54, 1.807) is 0 Å². The molecule has 2 N–H and O–H groups in total. The molecule has 5 aromatic carbocycles. The number of imidazole rings is 1. The highest BCUT2D eigenvalue weighted by molar-refractivity contribution is 5.89. The Morgan fingerprint density at radius 2 is 1.31 bits per heavy atom. The molecule has 0 amide bonds. The Balaban J connectivity index is 1.34. The number of hydrogen-bond acceptors (Lipinski definition) is 4. The summed E-state index contributed by atoms with van der Waals surface area (Å²) >= 11 is 0. The van der Waals surface area contributed by atoms with Gasteiger partial charge in [0.1, 0.15) is 11.4 Å². The molecule has 2 heterocycles. The first-order valence-corrected chi connectivity index (χ1v) is 12.8. The predicted octanol–water partition coefficient (Wildman–Crippen LogP) is 8.59. The molecule has 2 aromatic heterocycles. The summed E-state index contributed by atoms with van der Waals surface area (Å²) in [6.45, 7) is 0. The molecule has 0 aliphatic heterocycles. The van der Waals surface area contributed by atoms with Crippen molar-refractivity contribution in [1.29, 1.82) is 5.41 Å². The fraction of sp³-hybridized carbons (Fsp3) is 0. The Morgan fingerprint density at radius 3 is 2.13 bits per heavy atom. The van der Waals surface area contributed by atoms with Gasteiger partial charge in [-0.1, -0.05) is 72.8 Å². The first-order valence-electron chi connectivity index (χ1n) is 12.8. The molecule has 0 saturated heterocycles. The number of rotatable bonds is 5. The van der Waals surface area contributed by atoms with Crippen LogP contribution in [0.2, 0.25) is 0 Å². The van der Waals surface area contributed by atoms with Crippen LogP contribution in [0.1, 0.15) is 0 Å². The van der Waals surface area contributed by atoms with E-state index in [2.05, 4.69) is 81.6 Å². The SMILES string of the molecule is N=c1oc2cc(N(c3ccccc3)c3cccc(-c4ccccc4)c3)ccc2cc1-c1nc2ccccc2[nH]1. The number of anilines is 3. The smallest absolute Gasteiger partial charge is 0.223 e. The summed E-state index contributed by atoms with van der Waals surface area (Å²) in [4.78, 5) is 10.2. The summed E-state index contributed by atoms with van der Waals surface area (Å²) in [5.74, 6) is 0.625. The van der Waals surface area contributed by atoms with E-state index in [0.717, 1.165) is 44.6 Å². The lowest BCUT2D eigenvalue weighted by molar-refractivity contribution is 0.535. The van der Waals surface area contributed by atoms with Crippen LogP contribution in [0.5, 0.6) is 0 Å². The third-order valence-corrected chi connectivity index (χ3v) is 6.88. The van der Waals surface area contributed by atoms with Crippen LogP contribution in [0.25, 0.3) is 44.5 Å². The van der Waals surface area contributed by atoms with E-state index in [9.17, 15) is 0 Å². The van der Waals surface area contributed by atoms with Crippen molar-refractivity contribution in [3.8, 4) is 22.5 Å². The molecule has 0 atom stereocenters. The third-order valence-electron chi connectivity index (χ3n) is 6.88. The zero-order valence-corrected chi connectivity index (χ0v) is 21.0. The molecule has 186 valence electrons. The molecule has 7 rings (SSSR count).